The van der Waals surface area contributed by atoms with E-state index < -0.39 is 11.8 Å². The van der Waals surface area contributed by atoms with Gasteiger partial charge in [0, 0.05) is 12.3 Å². The fourth-order valence-corrected chi connectivity index (χ4v) is 1.51. The molecule has 0 aliphatic rings. The zero-order valence-corrected chi connectivity index (χ0v) is 11.6. The van der Waals surface area contributed by atoms with E-state index >= 15 is 0 Å². The van der Waals surface area contributed by atoms with E-state index in [0.717, 1.165) is 6.07 Å². The third-order valence-corrected chi connectivity index (χ3v) is 2.56. The maximum absolute atomic E-state index is 12.9. The van der Waals surface area contributed by atoms with Crippen molar-refractivity contribution in [2.75, 3.05) is 13.7 Å². The number of halogens is 2. The molecule has 0 bridgehead atoms. The summed E-state index contributed by atoms with van der Waals surface area (Å²) >= 11 is 5.83. The second-order valence-electron chi connectivity index (χ2n) is 3.72. The van der Waals surface area contributed by atoms with Gasteiger partial charge >= 0.3 is 12.0 Å². The number of esters is 1. The first-order valence-corrected chi connectivity index (χ1v) is 6.12. The van der Waals surface area contributed by atoms with Gasteiger partial charge in [0.05, 0.1) is 12.1 Å². The number of ether oxygens (including phenoxy) is 3. The van der Waals surface area contributed by atoms with Crippen LogP contribution in [0.25, 0.3) is 0 Å². The fraction of sp³-hybridized carbons (Fsp3) is 0.154. The molecule has 6 nitrogen and oxygen atoms in total. The molecule has 1 aromatic heterocycles. The SMILES string of the molecule is COC(=O)COc1ccnc(Oc2ccc(F)cc2Cl)n1. The minimum atomic E-state index is -0.544. The van der Waals surface area contributed by atoms with Gasteiger partial charge in [0.2, 0.25) is 5.88 Å². The number of carbonyl (C=O) groups is 1. The van der Waals surface area contributed by atoms with Gasteiger partial charge in [-0.25, -0.2) is 14.2 Å². The molecule has 2 rings (SSSR count). The molecule has 0 amide bonds. The van der Waals surface area contributed by atoms with Crippen molar-refractivity contribution in [3.8, 4) is 17.6 Å². The fourth-order valence-electron chi connectivity index (χ4n) is 1.30. The van der Waals surface area contributed by atoms with Crippen LogP contribution in [0.3, 0.4) is 0 Å². The summed E-state index contributed by atoms with van der Waals surface area (Å²) in [6.45, 7) is -0.287. The smallest absolute Gasteiger partial charge is 0.343 e. The van der Waals surface area contributed by atoms with Gasteiger partial charge in [0.25, 0.3) is 0 Å². The zero-order valence-electron chi connectivity index (χ0n) is 10.9. The third kappa shape index (κ3) is 4.28. The highest BCUT2D eigenvalue weighted by molar-refractivity contribution is 6.32. The number of nitrogens with zero attached hydrogens (tertiary/aromatic N) is 2. The van der Waals surface area contributed by atoms with Crippen LogP contribution >= 0.6 is 11.6 Å². The van der Waals surface area contributed by atoms with Crippen LogP contribution in [0.2, 0.25) is 5.02 Å². The first-order valence-electron chi connectivity index (χ1n) is 5.74. The second-order valence-corrected chi connectivity index (χ2v) is 4.13. The van der Waals surface area contributed by atoms with E-state index in [1.54, 1.807) is 0 Å². The number of hydrogen-bond donors (Lipinski definition) is 0. The van der Waals surface area contributed by atoms with Gasteiger partial charge in [-0.05, 0) is 18.2 Å². The molecule has 0 N–H and O–H groups in total. The van der Waals surface area contributed by atoms with Gasteiger partial charge < -0.3 is 14.2 Å². The normalized spacial score (nSPS) is 10.0. The molecular weight excluding hydrogens is 303 g/mol. The lowest BCUT2D eigenvalue weighted by molar-refractivity contribution is -0.143. The van der Waals surface area contributed by atoms with E-state index in [9.17, 15) is 9.18 Å². The van der Waals surface area contributed by atoms with Crippen molar-refractivity contribution in [1.82, 2.24) is 9.97 Å². The Morgan fingerprint density at radius 2 is 2.19 bits per heavy atom. The van der Waals surface area contributed by atoms with Crippen molar-refractivity contribution in [1.29, 1.82) is 0 Å². The lowest BCUT2D eigenvalue weighted by Crippen LogP contribution is -2.13. The highest BCUT2D eigenvalue weighted by atomic mass is 35.5. The monoisotopic (exact) mass is 312 g/mol. The molecule has 0 aliphatic carbocycles. The first-order chi connectivity index (χ1) is 10.1. The predicted molar refractivity (Wildman–Crippen MR) is 71.0 cm³/mol. The van der Waals surface area contributed by atoms with Crippen LogP contribution in [0, 0.1) is 5.82 Å². The van der Waals surface area contributed by atoms with E-state index in [2.05, 4.69) is 14.7 Å². The maximum Gasteiger partial charge on any atom is 0.343 e. The van der Waals surface area contributed by atoms with Crippen LogP contribution in [0.1, 0.15) is 0 Å². The van der Waals surface area contributed by atoms with E-state index in [0.29, 0.717) is 0 Å². The number of methoxy groups -OCH3 is 1. The number of benzene rings is 1. The van der Waals surface area contributed by atoms with Crippen molar-refractivity contribution in [2.45, 2.75) is 0 Å². The molecule has 8 heteroatoms. The summed E-state index contributed by atoms with van der Waals surface area (Å²) in [5, 5.41) is 0.0829. The summed E-state index contributed by atoms with van der Waals surface area (Å²) in [7, 11) is 1.25. The minimum absolute atomic E-state index is 0.0501. The highest BCUT2D eigenvalue weighted by Crippen LogP contribution is 2.28. The Hall–Kier alpha value is -2.41. The first kappa shape index (κ1) is 15.0. The predicted octanol–water partition coefficient (Wildman–Crippen LogP) is 2.61. The largest absolute Gasteiger partial charge is 0.466 e. The Bertz CT molecular complexity index is 654. The molecule has 110 valence electrons. The van der Waals surface area contributed by atoms with Crippen molar-refractivity contribution in [2.24, 2.45) is 0 Å². The molecule has 0 aliphatic heterocycles. The zero-order chi connectivity index (χ0) is 15.2. The summed E-state index contributed by atoms with van der Waals surface area (Å²) in [6, 6.07) is 5.05. The van der Waals surface area contributed by atoms with E-state index in [1.165, 1.54) is 31.5 Å². The molecule has 1 heterocycles. The van der Waals surface area contributed by atoms with Gasteiger partial charge in [-0.1, -0.05) is 11.6 Å². The molecule has 0 saturated carbocycles. The second kappa shape index (κ2) is 6.85. The van der Waals surface area contributed by atoms with Gasteiger partial charge in [-0.2, -0.15) is 4.98 Å². The van der Waals surface area contributed by atoms with Crippen molar-refractivity contribution >= 4 is 17.6 Å². The third-order valence-electron chi connectivity index (χ3n) is 2.27. The van der Waals surface area contributed by atoms with Gasteiger partial charge in [-0.3, -0.25) is 0 Å². The quantitative estimate of drug-likeness (QED) is 0.790. The molecule has 0 atom stereocenters. The van der Waals surface area contributed by atoms with E-state index in [-0.39, 0.29) is 29.3 Å². The summed E-state index contributed by atoms with van der Waals surface area (Å²) in [5.74, 6) is -0.701. The number of rotatable bonds is 5. The maximum atomic E-state index is 12.9. The molecule has 0 spiro atoms. The van der Waals surface area contributed by atoms with E-state index in [4.69, 9.17) is 21.1 Å². The van der Waals surface area contributed by atoms with Crippen LogP contribution in [0.4, 0.5) is 4.39 Å². The van der Waals surface area contributed by atoms with E-state index in [1.807, 2.05) is 0 Å². The van der Waals surface area contributed by atoms with Crippen LogP contribution in [-0.4, -0.2) is 29.7 Å². The van der Waals surface area contributed by atoms with Gasteiger partial charge in [0.15, 0.2) is 6.61 Å². The molecular formula is C13H10ClFN2O4. The molecule has 0 radical (unpaired) electrons. The summed E-state index contributed by atoms with van der Waals surface area (Å²) < 4.78 is 27.8. The van der Waals surface area contributed by atoms with Crippen molar-refractivity contribution < 1.29 is 23.4 Å². The van der Waals surface area contributed by atoms with Crippen molar-refractivity contribution in [3.05, 3.63) is 41.3 Å². The van der Waals surface area contributed by atoms with Crippen LogP contribution in [0.5, 0.6) is 17.6 Å². The Morgan fingerprint density at radius 3 is 2.90 bits per heavy atom. The van der Waals surface area contributed by atoms with Crippen LogP contribution < -0.4 is 9.47 Å². The Morgan fingerprint density at radius 1 is 1.38 bits per heavy atom. The number of carbonyl (C=O) groups excluding carboxylic acids is 1. The molecule has 21 heavy (non-hydrogen) atoms. The molecule has 0 unspecified atom stereocenters. The summed E-state index contributed by atoms with van der Waals surface area (Å²) in [6.07, 6.45) is 1.38. The van der Waals surface area contributed by atoms with Gasteiger partial charge in [0.1, 0.15) is 11.6 Å². The number of aromatic nitrogens is 2. The Balaban J connectivity index is 2.08. The topological polar surface area (TPSA) is 70.5 Å². The molecule has 0 fully saturated rings. The molecule has 2 aromatic rings. The molecule has 0 saturated heterocycles. The lowest BCUT2D eigenvalue weighted by atomic mass is 10.3. The average molecular weight is 313 g/mol. The highest BCUT2D eigenvalue weighted by Gasteiger charge is 2.09. The molecule has 1 aromatic carbocycles. The van der Waals surface area contributed by atoms with Crippen molar-refractivity contribution in [3.63, 3.8) is 0 Å². The number of hydrogen-bond acceptors (Lipinski definition) is 6. The average Bonchev–Trinajstić information content (AvgIpc) is 2.48. The Kier molecular flexibility index (Phi) is 4.89. The van der Waals surface area contributed by atoms with Crippen LogP contribution in [-0.2, 0) is 9.53 Å². The lowest BCUT2D eigenvalue weighted by Gasteiger charge is -2.07. The Labute approximate surface area is 124 Å². The van der Waals surface area contributed by atoms with Gasteiger partial charge in [-0.15, -0.1) is 0 Å². The minimum Gasteiger partial charge on any atom is -0.466 e. The van der Waals surface area contributed by atoms with Crippen LogP contribution in [0.15, 0.2) is 30.5 Å². The summed E-state index contributed by atoms with van der Waals surface area (Å²) in [4.78, 5) is 18.7. The standard InChI is InChI=1S/C13H10ClFN2O4/c1-19-12(18)7-20-11-4-5-16-13(17-11)21-10-3-2-8(15)6-9(10)14/h2-6H,7H2,1H3. The summed E-state index contributed by atoms with van der Waals surface area (Å²) in [5.41, 5.74) is 0.